The molecule has 0 spiro atoms. The average Bonchev–Trinajstić information content (AvgIpc) is 3.32. The van der Waals surface area contributed by atoms with Crippen molar-refractivity contribution >= 4 is 29.0 Å². The highest BCUT2D eigenvalue weighted by molar-refractivity contribution is 7.12. The Labute approximate surface area is 185 Å². The second-order valence-electron chi connectivity index (χ2n) is 7.70. The predicted octanol–water partition coefficient (Wildman–Crippen LogP) is 4.37. The first-order valence-electron chi connectivity index (χ1n) is 10.3. The molecule has 0 atom stereocenters. The highest BCUT2D eigenvalue weighted by Gasteiger charge is 2.38. The van der Waals surface area contributed by atoms with Gasteiger partial charge in [-0.1, -0.05) is 61.0 Å². The fourth-order valence-electron chi connectivity index (χ4n) is 3.89. The molecule has 0 unspecified atom stereocenters. The van der Waals surface area contributed by atoms with Crippen LogP contribution >= 0.6 is 11.3 Å². The van der Waals surface area contributed by atoms with E-state index in [1.807, 2.05) is 23.6 Å². The predicted molar refractivity (Wildman–Crippen MR) is 119 cm³/mol. The second-order valence-corrected chi connectivity index (χ2v) is 8.65. The first-order valence-corrected chi connectivity index (χ1v) is 11.1. The minimum absolute atomic E-state index is 0.0410. The molecule has 4 rings (SSSR count). The molecule has 1 amide bonds. The Hall–Kier alpha value is -3.25. The van der Waals surface area contributed by atoms with Crippen molar-refractivity contribution in [3.63, 3.8) is 0 Å². The molecule has 0 bridgehead atoms. The van der Waals surface area contributed by atoms with Crippen molar-refractivity contribution in [2.45, 2.75) is 24.7 Å². The van der Waals surface area contributed by atoms with Gasteiger partial charge in [-0.2, -0.15) is 0 Å². The SMILES string of the molecule is O=C(COC(=O)c1ccccc1C(=O)c1cccs1)NCC1(c2ccccc2)CCC1. The number of ether oxygens (including phenoxy) is 1. The highest BCUT2D eigenvalue weighted by atomic mass is 32.1. The van der Waals surface area contributed by atoms with Crippen molar-refractivity contribution in [1.29, 1.82) is 0 Å². The smallest absolute Gasteiger partial charge is 0.339 e. The van der Waals surface area contributed by atoms with Gasteiger partial charge < -0.3 is 10.1 Å². The lowest BCUT2D eigenvalue weighted by atomic mass is 9.64. The number of hydrogen-bond donors (Lipinski definition) is 1. The highest BCUT2D eigenvalue weighted by Crippen LogP contribution is 2.43. The number of carbonyl (C=O) groups is 3. The monoisotopic (exact) mass is 433 g/mol. The summed E-state index contributed by atoms with van der Waals surface area (Å²) in [7, 11) is 0. The lowest BCUT2D eigenvalue weighted by Crippen LogP contribution is -2.46. The van der Waals surface area contributed by atoms with Crippen LogP contribution in [0.1, 0.15) is 50.4 Å². The van der Waals surface area contributed by atoms with Gasteiger partial charge in [-0.15, -0.1) is 11.3 Å². The maximum Gasteiger partial charge on any atom is 0.339 e. The summed E-state index contributed by atoms with van der Waals surface area (Å²) in [4.78, 5) is 38.2. The fourth-order valence-corrected chi connectivity index (χ4v) is 4.57. The van der Waals surface area contributed by atoms with E-state index in [2.05, 4.69) is 17.4 Å². The molecule has 3 aromatic rings. The average molecular weight is 434 g/mol. The van der Waals surface area contributed by atoms with E-state index in [1.54, 1.807) is 36.4 Å². The van der Waals surface area contributed by atoms with Gasteiger partial charge in [-0.25, -0.2) is 4.79 Å². The Morgan fingerprint density at radius 3 is 2.26 bits per heavy atom. The van der Waals surface area contributed by atoms with Gasteiger partial charge >= 0.3 is 5.97 Å². The Morgan fingerprint density at radius 1 is 0.903 bits per heavy atom. The third-order valence-electron chi connectivity index (χ3n) is 5.79. The maximum atomic E-state index is 12.7. The van der Waals surface area contributed by atoms with E-state index in [9.17, 15) is 14.4 Å². The zero-order chi connectivity index (χ0) is 21.7. The summed E-state index contributed by atoms with van der Waals surface area (Å²) in [6, 6.07) is 20.2. The summed E-state index contributed by atoms with van der Waals surface area (Å²) >= 11 is 1.31. The number of rotatable bonds is 8. The van der Waals surface area contributed by atoms with Gasteiger partial charge in [0.05, 0.1) is 10.4 Å². The Kier molecular flexibility index (Phi) is 6.28. The summed E-state index contributed by atoms with van der Waals surface area (Å²) in [6.45, 7) is 0.131. The largest absolute Gasteiger partial charge is 0.452 e. The molecule has 158 valence electrons. The Bertz CT molecular complexity index is 1070. The van der Waals surface area contributed by atoms with Crippen LogP contribution in [0.25, 0.3) is 0 Å². The topological polar surface area (TPSA) is 72.5 Å². The van der Waals surface area contributed by atoms with Crippen LogP contribution in [0.2, 0.25) is 0 Å². The van der Waals surface area contributed by atoms with Crippen LogP contribution in [-0.2, 0) is 14.9 Å². The number of carbonyl (C=O) groups excluding carboxylic acids is 3. The van der Waals surface area contributed by atoms with Crippen LogP contribution in [0.4, 0.5) is 0 Å². The van der Waals surface area contributed by atoms with Gasteiger partial charge in [0.15, 0.2) is 6.61 Å². The van der Waals surface area contributed by atoms with E-state index in [0.29, 0.717) is 11.4 Å². The minimum atomic E-state index is -0.683. The number of benzene rings is 2. The van der Waals surface area contributed by atoms with Gasteiger partial charge in [0.1, 0.15) is 0 Å². The van der Waals surface area contributed by atoms with Crippen molar-refractivity contribution in [2.75, 3.05) is 13.2 Å². The quantitative estimate of drug-likeness (QED) is 0.423. The van der Waals surface area contributed by atoms with Crippen molar-refractivity contribution in [1.82, 2.24) is 5.32 Å². The van der Waals surface area contributed by atoms with Gasteiger partial charge in [0, 0.05) is 17.5 Å². The first kappa shape index (κ1) is 21.0. The summed E-state index contributed by atoms with van der Waals surface area (Å²) in [5, 5.41) is 4.72. The zero-order valence-electron chi connectivity index (χ0n) is 17.0. The molecule has 1 N–H and O–H groups in total. The molecule has 0 aliphatic heterocycles. The molecular formula is C25H23NO4S. The summed E-state index contributed by atoms with van der Waals surface area (Å²) in [5.74, 6) is -1.27. The second kappa shape index (κ2) is 9.27. The van der Waals surface area contributed by atoms with Crippen molar-refractivity contribution < 1.29 is 19.1 Å². The Balaban J connectivity index is 1.35. The maximum absolute atomic E-state index is 12.7. The van der Waals surface area contributed by atoms with Gasteiger partial charge in [0.2, 0.25) is 5.78 Å². The van der Waals surface area contributed by atoms with Crippen LogP contribution < -0.4 is 5.32 Å². The minimum Gasteiger partial charge on any atom is -0.452 e. The number of esters is 1. The van der Waals surface area contributed by atoms with Crippen molar-refractivity contribution in [3.8, 4) is 0 Å². The lowest BCUT2D eigenvalue weighted by molar-refractivity contribution is -0.124. The van der Waals surface area contributed by atoms with E-state index in [1.165, 1.54) is 16.9 Å². The van der Waals surface area contributed by atoms with Gasteiger partial charge in [-0.05, 0) is 35.9 Å². The van der Waals surface area contributed by atoms with Crippen LogP contribution in [0, 0.1) is 0 Å². The van der Waals surface area contributed by atoms with Gasteiger partial charge in [-0.3, -0.25) is 9.59 Å². The van der Waals surface area contributed by atoms with Crippen LogP contribution in [0.15, 0.2) is 72.1 Å². The molecule has 31 heavy (non-hydrogen) atoms. The van der Waals surface area contributed by atoms with Gasteiger partial charge in [0.25, 0.3) is 5.91 Å². The molecular weight excluding hydrogens is 410 g/mol. The molecule has 5 nitrogen and oxygen atoms in total. The number of thiophene rings is 1. The van der Waals surface area contributed by atoms with Crippen LogP contribution in [0.5, 0.6) is 0 Å². The molecule has 0 radical (unpaired) electrons. The number of amides is 1. The number of hydrogen-bond acceptors (Lipinski definition) is 5. The van der Waals surface area contributed by atoms with E-state index < -0.39 is 5.97 Å². The molecule has 1 aliphatic rings. The molecule has 1 heterocycles. The summed E-state index contributed by atoms with van der Waals surface area (Å²) in [6.07, 6.45) is 3.18. The number of ketones is 1. The van der Waals surface area contributed by atoms with Crippen LogP contribution in [-0.4, -0.2) is 30.8 Å². The third kappa shape index (κ3) is 4.59. The van der Waals surface area contributed by atoms with E-state index in [-0.39, 0.29) is 34.8 Å². The molecule has 0 saturated heterocycles. The molecule has 1 aliphatic carbocycles. The van der Waals surface area contributed by atoms with E-state index in [4.69, 9.17) is 4.74 Å². The van der Waals surface area contributed by atoms with Crippen molar-refractivity contribution in [2.24, 2.45) is 0 Å². The zero-order valence-corrected chi connectivity index (χ0v) is 17.8. The first-order chi connectivity index (χ1) is 15.1. The standard InChI is InChI=1S/C25H23NO4S/c27-22(26-17-25(13-7-14-25)18-8-2-1-3-9-18)16-30-24(29)20-11-5-4-10-19(20)23(28)21-12-6-15-31-21/h1-6,8-12,15H,7,13-14,16-17H2,(H,26,27). The van der Waals surface area contributed by atoms with E-state index >= 15 is 0 Å². The lowest BCUT2D eigenvalue weighted by Gasteiger charge is -2.42. The third-order valence-corrected chi connectivity index (χ3v) is 6.66. The van der Waals surface area contributed by atoms with Crippen LogP contribution in [0.3, 0.4) is 0 Å². The summed E-state index contributed by atoms with van der Waals surface area (Å²) in [5.41, 5.74) is 1.61. The molecule has 6 heteroatoms. The van der Waals surface area contributed by atoms with E-state index in [0.717, 1.165) is 19.3 Å². The number of nitrogens with one attached hydrogen (secondary N) is 1. The normalized spacial score (nSPS) is 14.3. The van der Waals surface area contributed by atoms with Crippen molar-refractivity contribution in [3.05, 3.63) is 93.7 Å². The fraction of sp³-hybridized carbons (Fsp3) is 0.240. The Morgan fingerprint density at radius 2 is 1.61 bits per heavy atom. The molecule has 2 aromatic carbocycles. The molecule has 1 saturated carbocycles. The molecule has 1 fully saturated rings. The summed E-state index contributed by atoms with van der Waals surface area (Å²) < 4.78 is 5.22. The molecule has 1 aromatic heterocycles.